The quantitative estimate of drug-likeness (QED) is 0.721. The summed E-state index contributed by atoms with van der Waals surface area (Å²) in [5.41, 5.74) is 2.66. The molecule has 0 amide bonds. The molecule has 17 heavy (non-hydrogen) atoms. The third-order valence-electron chi connectivity index (χ3n) is 2.68. The third-order valence-corrected chi connectivity index (χ3v) is 4.07. The molecule has 0 aliphatic rings. The number of hydrogen-bond donors (Lipinski definition) is 0. The molecular formula is C14H13FOS. The maximum atomic E-state index is 13.2. The highest BCUT2D eigenvalue weighted by molar-refractivity contribution is 7.17. The lowest BCUT2D eigenvalue weighted by Crippen LogP contribution is -1.84. The topological polar surface area (TPSA) is 17.1 Å². The van der Waals surface area contributed by atoms with E-state index in [1.54, 1.807) is 19.9 Å². The zero-order valence-electron chi connectivity index (χ0n) is 10.0. The van der Waals surface area contributed by atoms with Crippen LogP contribution in [0.5, 0.6) is 0 Å². The van der Waals surface area contributed by atoms with Crippen molar-refractivity contribution in [2.45, 2.75) is 20.8 Å². The van der Waals surface area contributed by atoms with Gasteiger partial charge in [-0.1, -0.05) is 6.07 Å². The van der Waals surface area contributed by atoms with Gasteiger partial charge in [0.1, 0.15) is 5.82 Å². The van der Waals surface area contributed by atoms with Gasteiger partial charge in [0.15, 0.2) is 5.78 Å². The van der Waals surface area contributed by atoms with Crippen molar-refractivity contribution in [1.29, 1.82) is 0 Å². The summed E-state index contributed by atoms with van der Waals surface area (Å²) in [5.74, 6) is -0.127. The predicted octanol–water partition coefficient (Wildman–Crippen LogP) is 4.37. The highest BCUT2D eigenvalue weighted by atomic mass is 32.1. The van der Waals surface area contributed by atoms with Crippen LogP contribution in [0.4, 0.5) is 4.39 Å². The largest absolute Gasteiger partial charge is 0.294 e. The van der Waals surface area contributed by atoms with Crippen molar-refractivity contribution in [3.8, 4) is 10.4 Å². The van der Waals surface area contributed by atoms with Crippen LogP contribution in [0.15, 0.2) is 24.3 Å². The van der Waals surface area contributed by atoms with Gasteiger partial charge in [0.05, 0.1) is 4.88 Å². The highest BCUT2D eigenvalue weighted by Crippen LogP contribution is 2.33. The first kappa shape index (κ1) is 12.0. The average Bonchev–Trinajstić information content (AvgIpc) is 2.65. The Bertz CT molecular complexity index is 584. The van der Waals surface area contributed by atoms with Crippen LogP contribution >= 0.6 is 11.3 Å². The Balaban J connectivity index is 2.52. The summed E-state index contributed by atoms with van der Waals surface area (Å²) in [6.07, 6.45) is 0. The smallest absolute Gasteiger partial charge is 0.169 e. The number of carbonyl (C=O) groups is 1. The molecule has 0 aliphatic carbocycles. The molecule has 1 nitrogen and oxygen atoms in total. The van der Waals surface area contributed by atoms with Gasteiger partial charge in [-0.25, -0.2) is 4.39 Å². The molecule has 88 valence electrons. The van der Waals surface area contributed by atoms with E-state index >= 15 is 0 Å². The van der Waals surface area contributed by atoms with E-state index in [2.05, 4.69) is 0 Å². The monoisotopic (exact) mass is 248 g/mol. The zero-order valence-corrected chi connectivity index (χ0v) is 10.8. The number of halogens is 1. The second kappa shape index (κ2) is 4.41. The number of thiophene rings is 1. The Kier molecular flexibility index (Phi) is 3.11. The van der Waals surface area contributed by atoms with Gasteiger partial charge in [-0.3, -0.25) is 4.79 Å². The van der Waals surface area contributed by atoms with Crippen LogP contribution in [-0.2, 0) is 0 Å². The summed E-state index contributed by atoms with van der Waals surface area (Å²) >= 11 is 1.46. The SMILES string of the molecule is CC(=O)c1cc(C)c(-c2ccc(F)c(C)c2)s1. The van der Waals surface area contributed by atoms with Gasteiger partial charge in [-0.2, -0.15) is 0 Å². The van der Waals surface area contributed by atoms with Gasteiger partial charge < -0.3 is 0 Å². The molecule has 0 saturated heterocycles. The second-order valence-electron chi connectivity index (χ2n) is 4.14. The maximum absolute atomic E-state index is 13.2. The van der Waals surface area contributed by atoms with E-state index in [1.165, 1.54) is 17.4 Å². The van der Waals surface area contributed by atoms with E-state index in [0.29, 0.717) is 5.56 Å². The molecule has 2 aromatic rings. The van der Waals surface area contributed by atoms with Crippen molar-refractivity contribution in [3.05, 3.63) is 46.1 Å². The van der Waals surface area contributed by atoms with Crippen LogP contribution in [0.3, 0.4) is 0 Å². The van der Waals surface area contributed by atoms with Crippen molar-refractivity contribution in [3.63, 3.8) is 0 Å². The third kappa shape index (κ3) is 2.29. The van der Waals surface area contributed by atoms with Gasteiger partial charge in [0.2, 0.25) is 0 Å². The van der Waals surface area contributed by atoms with Crippen LogP contribution in [0.25, 0.3) is 10.4 Å². The normalized spacial score (nSPS) is 10.6. The number of rotatable bonds is 2. The molecule has 1 aromatic heterocycles. The van der Waals surface area contributed by atoms with Crippen LogP contribution < -0.4 is 0 Å². The summed E-state index contributed by atoms with van der Waals surface area (Å²) in [6.45, 7) is 5.27. The molecule has 2 rings (SSSR count). The van der Waals surface area contributed by atoms with E-state index in [1.807, 2.05) is 19.1 Å². The van der Waals surface area contributed by atoms with Crippen molar-refractivity contribution < 1.29 is 9.18 Å². The minimum Gasteiger partial charge on any atom is -0.294 e. The average molecular weight is 248 g/mol. The number of carbonyl (C=O) groups excluding carboxylic acids is 1. The first-order chi connectivity index (χ1) is 7.99. The minimum atomic E-state index is -0.199. The molecule has 1 aromatic carbocycles. The molecule has 0 atom stereocenters. The van der Waals surface area contributed by atoms with Gasteiger partial charge in [0.25, 0.3) is 0 Å². The molecule has 0 saturated carbocycles. The first-order valence-corrected chi connectivity index (χ1v) is 6.18. The fourth-order valence-electron chi connectivity index (χ4n) is 1.73. The van der Waals surface area contributed by atoms with E-state index in [9.17, 15) is 9.18 Å². The standard InChI is InChI=1S/C14H13FOS/c1-8-6-11(4-5-12(8)15)14-9(2)7-13(17-14)10(3)16/h4-7H,1-3H3. The Morgan fingerprint density at radius 1 is 1.18 bits per heavy atom. The molecule has 1 heterocycles. The van der Waals surface area contributed by atoms with Crippen LogP contribution in [0.1, 0.15) is 27.7 Å². The summed E-state index contributed by atoms with van der Waals surface area (Å²) in [6, 6.07) is 6.93. The molecule has 0 spiro atoms. The Hall–Kier alpha value is -1.48. The molecule has 0 radical (unpaired) electrons. The lowest BCUT2D eigenvalue weighted by molar-refractivity contribution is 0.102. The Labute approximate surface area is 104 Å². The fourth-order valence-corrected chi connectivity index (χ4v) is 2.79. The van der Waals surface area contributed by atoms with Crippen LogP contribution in [0, 0.1) is 19.7 Å². The zero-order chi connectivity index (χ0) is 12.6. The van der Waals surface area contributed by atoms with Gasteiger partial charge in [-0.15, -0.1) is 11.3 Å². The second-order valence-corrected chi connectivity index (χ2v) is 5.20. The van der Waals surface area contributed by atoms with E-state index in [4.69, 9.17) is 0 Å². The highest BCUT2D eigenvalue weighted by Gasteiger charge is 2.11. The van der Waals surface area contributed by atoms with Crippen molar-refractivity contribution in [2.24, 2.45) is 0 Å². The molecule has 0 fully saturated rings. The van der Waals surface area contributed by atoms with Gasteiger partial charge in [0, 0.05) is 4.88 Å². The number of benzene rings is 1. The Morgan fingerprint density at radius 2 is 1.88 bits per heavy atom. The van der Waals surface area contributed by atoms with Crippen LogP contribution in [0.2, 0.25) is 0 Å². The summed E-state index contributed by atoms with van der Waals surface area (Å²) in [4.78, 5) is 13.1. The molecule has 3 heteroatoms. The molecular weight excluding hydrogens is 235 g/mol. The fraction of sp³-hybridized carbons (Fsp3) is 0.214. The lowest BCUT2D eigenvalue weighted by Gasteiger charge is -2.02. The van der Waals surface area contributed by atoms with Crippen molar-refractivity contribution in [1.82, 2.24) is 0 Å². The summed E-state index contributed by atoms with van der Waals surface area (Å²) < 4.78 is 13.2. The summed E-state index contributed by atoms with van der Waals surface area (Å²) in [7, 11) is 0. The number of hydrogen-bond acceptors (Lipinski definition) is 2. The summed E-state index contributed by atoms with van der Waals surface area (Å²) in [5, 5.41) is 0. The number of Topliss-reactive ketones (excluding diaryl/α,β-unsaturated/α-hetero) is 1. The van der Waals surface area contributed by atoms with E-state index < -0.39 is 0 Å². The maximum Gasteiger partial charge on any atom is 0.169 e. The van der Waals surface area contributed by atoms with E-state index in [0.717, 1.165) is 20.9 Å². The predicted molar refractivity (Wildman–Crippen MR) is 69.2 cm³/mol. The lowest BCUT2D eigenvalue weighted by atomic mass is 10.1. The number of ketones is 1. The van der Waals surface area contributed by atoms with Gasteiger partial charge in [-0.05, 0) is 55.7 Å². The van der Waals surface area contributed by atoms with Crippen molar-refractivity contribution >= 4 is 17.1 Å². The first-order valence-electron chi connectivity index (χ1n) is 5.37. The van der Waals surface area contributed by atoms with Crippen molar-refractivity contribution in [2.75, 3.05) is 0 Å². The van der Waals surface area contributed by atoms with Crippen LogP contribution in [-0.4, -0.2) is 5.78 Å². The van der Waals surface area contributed by atoms with Gasteiger partial charge >= 0.3 is 0 Å². The molecule has 0 aliphatic heterocycles. The molecule has 0 N–H and O–H groups in total. The Morgan fingerprint density at radius 3 is 2.41 bits per heavy atom. The minimum absolute atomic E-state index is 0.0724. The molecule has 0 unspecified atom stereocenters. The molecule has 0 bridgehead atoms. The number of aryl methyl sites for hydroxylation is 2. The van der Waals surface area contributed by atoms with E-state index in [-0.39, 0.29) is 11.6 Å².